The first-order valence-corrected chi connectivity index (χ1v) is 11.4. The Hall–Kier alpha value is -3.71. The van der Waals surface area contributed by atoms with E-state index in [2.05, 4.69) is 11.1 Å². The maximum Gasteiger partial charge on any atom is 0.227 e. The fraction of sp³-hybridized carbons (Fsp3) is 0.231. The number of rotatable bonds is 4. The Morgan fingerprint density at radius 1 is 1.21 bits per heavy atom. The zero-order valence-electron chi connectivity index (χ0n) is 18.5. The summed E-state index contributed by atoms with van der Waals surface area (Å²) in [5.74, 6) is -1.23. The molecule has 1 aliphatic rings. The highest BCUT2D eigenvalue weighted by Gasteiger charge is 2.30. The van der Waals surface area contributed by atoms with Crippen LogP contribution in [0, 0.1) is 6.92 Å². The van der Waals surface area contributed by atoms with Gasteiger partial charge in [0.2, 0.25) is 17.1 Å². The quantitative estimate of drug-likeness (QED) is 0.397. The summed E-state index contributed by atoms with van der Waals surface area (Å²) in [6, 6.07) is 13.8. The minimum atomic E-state index is -0.762. The average molecular weight is 479 g/mol. The molecular weight excluding hydrogens is 456 g/mol. The summed E-state index contributed by atoms with van der Waals surface area (Å²) in [5, 5.41) is 21.6. The molecule has 0 radical (unpaired) electrons. The number of aromatic nitrogens is 1. The van der Waals surface area contributed by atoms with Gasteiger partial charge in [0, 0.05) is 35.6 Å². The van der Waals surface area contributed by atoms with E-state index in [1.807, 2.05) is 18.2 Å². The first kappa shape index (κ1) is 22.1. The summed E-state index contributed by atoms with van der Waals surface area (Å²) in [5.41, 5.74) is 3.24. The number of carbonyl (C=O) groups excluding carboxylic acids is 1. The molecule has 8 heteroatoms. The minimum Gasteiger partial charge on any atom is -0.506 e. The number of halogens is 1. The number of nitrogens with one attached hydrogen (secondary N) is 1. The van der Waals surface area contributed by atoms with Gasteiger partial charge in [-0.2, -0.15) is 0 Å². The molecule has 0 saturated carbocycles. The molecule has 0 saturated heterocycles. The van der Waals surface area contributed by atoms with E-state index in [4.69, 9.17) is 16.0 Å². The number of fused-ring (bicyclic) bond motifs is 3. The van der Waals surface area contributed by atoms with Crippen LogP contribution in [-0.2, 0) is 17.8 Å². The fourth-order valence-electron chi connectivity index (χ4n) is 4.67. The second kappa shape index (κ2) is 8.57. The molecule has 0 fully saturated rings. The topological polar surface area (TPSA) is 107 Å². The number of hydrogen-bond donors (Lipinski definition) is 3. The molecule has 3 N–H and O–H groups in total. The van der Waals surface area contributed by atoms with Gasteiger partial charge in [-0.05, 0) is 42.7 Å². The second-order valence-corrected chi connectivity index (χ2v) is 9.00. The van der Waals surface area contributed by atoms with Gasteiger partial charge in [-0.25, -0.2) is 0 Å². The third kappa shape index (κ3) is 3.92. The molecule has 1 atom stereocenters. The third-order valence-electron chi connectivity index (χ3n) is 6.38. The van der Waals surface area contributed by atoms with Gasteiger partial charge in [-0.3, -0.25) is 9.59 Å². The van der Waals surface area contributed by atoms with Crippen LogP contribution in [0.3, 0.4) is 0 Å². The monoisotopic (exact) mass is 478 g/mol. The number of amides is 1. The summed E-state index contributed by atoms with van der Waals surface area (Å²) in [6.07, 6.45) is 0.683. The first-order valence-electron chi connectivity index (χ1n) is 11.0. The standard InChI is InChI=1S/C26H23ClN2O5/c1-14-10-23(31)25(33)26(34-14)18(15-6-7-22(30)19(27)11-15)12-24(32)29-9-8-17-16-4-2-3-5-20(16)28-21(17)13-29/h2-7,10-11,18,28,30,33H,8-9,12-13H2,1H3. The second-order valence-electron chi connectivity index (χ2n) is 8.59. The molecule has 2 aromatic carbocycles. The predicted molar refractivity (Wildman–Crippen MR) is 128 cm³/mol. The largest absolute Gasteiger partial charge is 0.506 e. The molecule has 34 heavy (non-hydrogen) atoms. The molecular formula is C26H23ClN2O5. The Morgan fingerprint density at radius 3 is 2.79 bits per heavy atom. The molecule has 1 aliphatic heterocycles. The van der Waals surface area contributed by atoms with Crippen LogP contribution in [0.1, 0.15) is 40.7 Å². The highest BCUT2D eigenvalue weighted by Crippen LogP contribution is 2.37. The minimum absolute atomic E-state index is 0.00316. The number of H-pyrrole nitrogens is 1. The SMILES string of the molecule is Cc1cc(=O)c(O)c(C(CC(=O)N2CCc3c([nH]c4ccccc34)C2)c2ccc(O)c(Cl)c2)o1. The van der Waals surface area contributed by atoms with Crippen LogP contribution < -0.4 is 5.43 Å². The van der Waals surface area contributed by atoms with Crippen molar-refractivity contribution in [3.63, 3.8) is 0 Å². The number of carbonyl (C=O) groups is 1. The Kier molecular flexibility index (Phi) is 5.57. The van der Waals surface area contributed by atoms with Crippen molar-refractivity contribution in [3.05, 3.63) is 92.1 Å². The average Bonchev–Trinajstić information content (AvgIpc) is 3.19. The van der Waals surface area contributed by atoms with Gasteiger partial charge >= 0.3 is 0 Å². The van der Waals surface area contributed by atoms with Crippen molar-refractivity contribution in [1.82, 2.24) is 9.88 Å². The smallest absolute Gasteiger partial charge is 0.227 e. The molecule has 2 aromatic heterocycles. The van der Waals surface area contributed by atoms with Crippen LogP contribution in [-0.4, -0.2) is 32.5 Å². The summed E-state index contributed by atoms with van der Waals surface area (Å²) in [6.45, 7) is 2.60. The Labute approximate surface area is 200 Å². The van der Waals surface area contributed by atoms with Crippen molar-refractivity contribution in [2.24, 2.45) is 0 Å². The number of aryl methyl sites for hydroxylation is 1. The first-order chi connectivity index (χ1) is 16.3. The lowest BCUT2D eigenvalue weighted by atomic mass is 9.91. The van der Waals surface area contributed by atoms with Gasteiger partial charge in [0.1, 0.15) is 11.5 Å². The van der Waals surface area contributed by atoms with Gasteiger partial charge in [-0.15, -0.1) is 0 Å². The van der Waals surface area contributed by atoms with Crippen molar-refractivity contribution in [2.45, 2.75) is 32.2 Å². The van der Waals surface area contributed by atoms with E-state index < -0.39 is 17.1 Å². The molecule has 0 spiro atoms. The van der Waals surface area contributed by atoms with Gasteiger partial charge in [0.25, 0.3) is 0 Å². The molecule has 1 unspecified atom stereocenters. The van der Waals surface area contributed by atoms with Gasteiger partial charge in [-0.1, -0.05) is 35.9 Å². The molecule has 0 bridgehead atoms. The van der Waals surface area contributed by atoms with E-state index in [-0.39, 0.29) is 28.9 Å². The normalized spacial score (nSPS) is 14.2. The number of phenolic OH excluding ortho intramolecular Hbond substituents is 1. The number of aromatic hydroxyl groups is 2. The van der Waals surface area contributed by atoms with Crippen molar-refractivity contribution in [2.75, 3.05) is 6.54 Å². The van der Waals surface area contributed by atoms with Crippen molar-refractivity contribution in [3.8, 4) is 11.5 Å². The lowest BCUT2D eigenvalue weighted by Gasteiger charge is -2.29. The van der Waals surface area contributed by atoms with Gasteiger partial charge < -0.3 is 24.5 Å². The summed E-state index contributed by atoms with van der Waals surface area (Å²) < 4.78 is 5.73. The summed E-state index contributed by atoms with van der Waals surface area (Å²) in [4.78, 5) is 30.9. The third-order valence-corrected chi connectivity index (χ3v) is 6.68. The Morgan fingerprint density at radius 2 is 2.00 bits per heavy atom. The summed E-state index contributed by atoms with van der Waals surface area (Å²) in [7, 11) is 0. The maximum atomic E-state index is 13.4. The van der Waals surface area contributed by atoms with Crippen LogP contribution in [0.5, 0.6) is 11.5 Å². The fourth-order valence-corrected chi connectivity index (χ4v) is 4.86. The Bertz CT molecular complexity index is 1470. The van der Waals surface area contributed by atoms with Crippen LogP contribution in [0.25, 0.3) is 10.9 Å². The zero-order valence-corrected chi connectivity index (χ0v) is 19.2. The highest BCUT2D eigenvalue weighted by molar-refractivity contribution is 6.32. The van der Waals surface area contributed by atoms with E-state index in [1.165, 1.54) is 29.1 Å². The van der Waals surface area contributed by atoms with Crippen LogP contribution in [0.15, 0.2) is 57.7 Å². The molecule has 174 valence electrons. The number of hydrogen-bond acceptors (Lipinski definition) is 5. The van der Waals surface area contributed by atoms with Crippen molar-refractivity contribution < 1.29 is 19.4 Å². The molecule has 4 aromatic rings. The maximum absolute atomic E-state index is 13.4. The van der Waals surface area contributed by atoms with Gasteiger partial charge in [0.05, 0.1) is 17.5 Å². The molecule has 0 aliphatic carbocycles. The van der Waals surface area contributed by atoms with E-state index in [0.29, 0.717) is 24.4 Å². The number of nitrogens with zero attached hydrogens (tertiary/aromatic N) is 1. The van der Waals surface area contributed by atoms with Gasteiger partial charge in [0.15, 0.2) is 5.76 Å². The molecule has 1 amide bonds. The Balaban J connectivity index is 1.48. The molecule has 7 nitrogen and oxygen atoms in total. The van der Waals surface area contributed by atoms with Crippen molar-refractivity contribution in [1.29, 1.82) is 0 Å². The lowest BCUT2D eigenvalue weighted by molar-refractivity contribution is -0.132. The predicted octanol–water partition coefficient (Wildman–Crippen LogP) is 4.60. The van der Waals surface area contributed by atoms with Crippen LogP contribution in [0.4, 0.5) is 0 Å². The van der Waals surface area contributed by atoms with E-state index >= 15 is 0 Å². The van der Waals surface area contributed by atoms with Crippen LogP contribution in [0.2, 0.25) is 5.02 Å². The highest BCUT2D eigenvalue weighted by atomic mass is 35.5. The number of para-hydroxylation sites is 1. The van der Waals surface area contributed by atoms with E-state index in [1.54, 1.807) is 17.9 Å². The number of benzene rings is 2. The van der Waals surface area contributed by atoms with Crippen LogP contribution >= 0.6 is 11.6 Å². The zero-order chi connectivity index (χ0) is 24.0. The molecule has 5 rings (SSSR count). The van der Waals surface area contributed by atoms with E-state index in [0.717, 1.165) is 17.6 Å². The summed E-state index contributed by atoms with van der Waals surface area (Å²) >= 11 is 6.12. The number of phenols is 1. The lowest BCUT2D eigenvalue weighted by Crippen LogP contribution is -2.36. The van der Waals surface area contributed by atoms with Crippen molar-refractivity contribution >= 4 is 28.4 Å². The van der Waals surface area contributed by atoms with E-state index in [9.17, 15) is 19.8 Å². The molecule has 3 heterocycles. The number of aromatic amines is 1.